The van der Waals surface area contributed by atoms with E-state index in [2.05, 4.69) is 48.5 Å². The fraction of sp³-hybridized carbons (Fsp3) is 0.121. The Morgan fingerprint density at radius 2 is 1.43 bits per heavy atom. The Morgan fingerprint density at radius 3 is 2.27 bits per heavy atom. The normalized spacial score (nSPS) is 11.4. The van der Waals surface area contributed by atoms with Gasteiger partial charge >= 0.3 is 5.97 Å². The predicted molar refractivity (Wildman–Crippen MR) is 150 cm³/mol. The molecule has 5 aromatic carbocycles. The molecule has 0 bridgehead atoms. The number of hydrogen-bond acceptors (Lipinski definition) is 2. The molecule has 0 saturated heterocycles. The van der Waals surface area contributed by atoms with Gasteiger partial charge in [-0.3, -0.25) is 0 Å². The van der Waals surface area contributed by atoms with E-state index in [9.17, 15) is 9.90 Å². The maximum atomic E-state index is 12.6. The zero-order valence-electron chi connectivity index (χ0n) is 20.4. The average Bonchev–Trinajstić information content (AvgIpc) is 3.24. The van der Waals surface area contributed by atoms with Gasteiger partial charge in [-0.25, -0.2) is 4.79 Å². The van der Waals surface area contributed by atoms with Crippen molar-refractivity contribution in [1.82, 2.24) is 4.57 Å². The van der Waals surface area contributed by atoms with Crippen molar-refractivity contribution in [3.8, 4) is 5.75 Å². The van der Waals surface area contributed by atoms with Crippen molar-refractivity contribution < 1.29 is 14.6 Å². The summed E-state index contributed by atoms with van der Waals surface area (Å²) < 4.78 is 8.08. The van der Waals surface area contributed by atoms with Crippen LogP contribution < -0.4 is 4.74 Å². The first kappa shape index (κ1) is 22.9. The number of carbonyl (C=O) groups is 1. The lowest BCUT2D eigenvalue weighted by Gasteiger charge is -2.12. The summed E-state index contributed by atoms with van der Waals surface area (Å²) in [7, 11) is 0. The molecule has 6 aromatic rings. The summed E-state index contributed by atoms with van der Waals surface area (Å²) in [5, 5.41) is 15.8. The van der Waals surface area contributed by atoms with Crippen LogP contribution in [0.25, 0.3) is 32.4 Å². The Balaban J connectivity index is 1.29. The van der Waals surface area contributed by atoms with Crippen LogP contribution in [0, 0.1) is 0 Å². The van der Waals surface area contributed by atoms with Crippen molar-refractivity contribution in [3.63, 3.8) is 0 Å². The molecule has 0 aliphatic heterocycles. The summed E-state index contributed by atoms with van der Waals surface area (Å²) in [6.45, 7) is 1.06. The van der Waals surface area contributed by atoms with Crippen LogP contribution in [0.3, 0.4) is 0 Å². The van der Waals surface area contributed by atoms with Crippen molar-refractivity contribution in [2.75, 3.05) is 6.61 Å². The monoisotopic (exact) mass is 485 g/mol. The molecule has 1 aromatic heterocycles. The minimum Gasteiger partial charge on any atom is -0.493 e. The summed E-state index contributed by atoms with van der Waals surface area (Å²) in [6.07, 6.45) is 1.25. The second kappa shape index (κ2) is 9.82. The first-order valence-electron chi connectivity index (χ1n) is 12.6. The number of carboxylic acid groups (broad SMARTS) is 1. The Bertz CT molecular complexity index is 1740. The molecule has 0 radical (unpaired) electrons. The van der Waals surface area contributed by atoms with E-state index in [0.717, 1.165) is 43.9 Å². The highest BCUT2D eigenvalue weighted by Gasteiger charge is 2.22. The van der Waals surface area contributed by atoms with E-state index in [4.69, 9.17) is 4.74 Å². The Labute approximate surface area is 215 Å². The van der Waals surface area contributed by atoms with E-state index in [1.54, 1.807) is 0 Å². The molecule has 1 N–H and O–H groups in total. The number of nitrogens with zero attached hydrogens (tertiary/aromatic N) is 1. The number of aryl methyl sites for hydroxylation is 1. The third-order valence-electron chi connectivity index (χ3n) is 7.01. The summed E-state index contributed by atoms with van der Waals surface area (Å²) >= 11 is 0. The van der Waals surface area contributed by atoms with Crippen molar-refractivity contribution in [1.29, 1.82) is 0 Å². The van der Waals surface area contributed by atoms with E-state index < -0.39 is 5.97 Å². The molecule has 0 fully saturated rings. The van der Waals surface area contributed by atoms with Gasteiger partial charge in [0.1, 0.15) is 11.4 Å². The smallest absolute Gasteiger partial charge is 0.352 e. The minimum atomic E-state index is -0.901. The Kier molecular flexibility index (Phi) is 6.07. The molecule has 0 amide bonds. The Hall–Kier alpha value is -4.57. The first-order chi connectivity index (χ1) is 18.2. The lowest BCUT2D eigenvalue weighted by molar-refractivity contribution is 0.0684. The minimum absolute atomic E-state index is 0.361. The van der Waals surface area contributed by atoms with Gasteiger partial charge in [0.25, 0.3) is 0 Å². The van der Waals surface area contributed by atoms with E-state index in [1.807, 2.05) is 65.2 Å². The van der Waals surface area contributed by atoms with Crippen LogP contribution in [-0.4, -0.2) is 22.2 Å². The summed E-state index contributed by atoms with van der Waals surface area (Å²) in [5.41, 5.74) is 3.26. The molecule has 0 atom stereocenters. The maximum Gasteiger partial charge on any atom is 0.352 e. The van der Waals surface area contributed by atoms with Crippen LogP contribution in [0.15, 0.2) is 109 Å². The highest BCUT2D eigenvalue weighted by atomic mass is 16.5. The summed E-state index contributed by atoms with van der Waals surface area (Å²) in [4.78, 5) is 12.6. The molecular formula is C33H27NO3. The number of ether oxygens (including phenoxy) is 1. The van der Waals surface area contributed by atoms with Crippen LogP contribution in [0.1, 0.15) is 28.0 Å². The second-order valence-electron chi connectivity index (χ2n) is 9.34. The largest absolute Gasteiger partial charge is 0.493 e. The van der Waals surface area contributed by atoms with Crippen molar-refractivity contribution in [2.45, 2.75) is 19.4 Å². The highest BCUT2D eigenvalue weighted by Crippen LogP contribution is 2.30. The molecule has 0 saturated carbocycles. The maximum absolute atomic E-state index is 12.6. The average molecular weight is 486 g/mol. The lowest BCUT2D eigenvalue weighted by Crippen LogP contribution is -2.13. The molecule has 182 valence electrons. The number of hydrogen-bond donors (Lipinski definition) is 1. The lowest BCUT2D eigenvalue weighted by atomic mass is 9.99. The van der Waals surface area contributed by atoms with Gasteiger partial charge in [0.05, 0.1) is 6.61 Å². The number of para-hydroxylation sites is 1. The standard InChI is InChI=1S/C33H27NO3/c35-33(36)32-29(22-23-17-18-24-9-1-2-11-26(24)21-23)28-14-5-6-15-30(28)34(32)19-8-20-37-31-16-7-12-25-10-3-4-13-27(25)31/h1-7,9-18,21H,8,19-20,22H2,(H,35,36). The van der Waals surface area contributed by atoms with Crippen LogP contribution >= 0.6 is 0 Å². The molecule has 0 aliphatic rings. The molecule has 37 heavy (non-hydrogen) atoms. The fourth-order valence-corrected chi connectivity index (χ4v) is 5.31. The van der Waals surface area contributed by atoms with E-state index >= 15 is 0 Å². The SMILES string of the molecule is O=C(O)c1c(Cc2ccc3ccccc3c2)c2ccccc2n1CCCOc1cccc2ccccc12. The quantitative estimate of drug-likeness (QED) is 0.225. The van der Waals surface area contributed by atoms with Gasteiger partial charge in [-0.15, -0.1) is 0 Å². The predicted octanol–water partition coefficient (Wildman–Crippen LogP) is 7.71. The van der Waals surface area contributed by atoms with Gasteiger partial charge in [0, 0.05) is 29.3 Å². The Morgan fingerprint density at radius 1 is 0.730 bits per heavy atom. The number of aromatic carboxylic acids is 1. The van der Waals surface area contributed by atoms with Gasteiger partial charge in [0.15, 0.2) is 0 Å². The molecule has 6 rings (SSSR count). The molecule has 1 heterocycles. The van der Waals surface area contributed by atoms with Crippen molar-refractivity contribution >= 4 is 38.4 Å². The van der Waals surface area contributed by atoms with Crippen LogP contribution in [0.4, 0.5) is 0 Å². The third kappa shape index (κ3) is 4.43. The van der Waals surface area contributed by atoms with E-state index in [-0.39, 0.29) is 0 Å². The van der Waals surface area contributed by atoms with Crippen LogP contribution in [-0.2, 0) is 13.0 Å². The van der Waals surface area contributed by atoms with Crippen LogP contribution in [0.2, 0.25) is 0 Å². The zero-order valence-corrected chi connectivity index (χ0v) is 20.4. The molecule has 4 nitrogen and oxygen atoms in total. The van der Waals surface area contributed by atoms with Gasteiger partial charge in [-0.2, -0.15) is 0 Å². The topological polar surface area (TPSA) is 51.5 Å². The van der Waals surface area contributed by atoms with Crippen LogP contribution in [0.5, 0.6) is 5.75 Å². The van der Waals surface area contributed by atoms with E-state index in [1.165, 1.54) is 5.39 Å². The number of fused-ring (bicyclic) bond motifs is 3. The van der Waals surface area contributed by atoms with Crippen molar-refractivity contribution in [3.05, 3.63) is 126 Å². The molecule has 0 spiro atoms. The number of aromatic nitrogens is 1. The number of rotatable bonds is 8. The summed E-state index contributed by atoms with van der Waals surface area (Å²) in [6, 6.07) is 36.8. The molecule has 0 unspecified atom stereocenters. The molecule has 0 aliphatic carbocycles. The van der Waals surface area contributed by atoms with Gasteiger partial charge < -0.3 is 14.4 Å². The second-order valence-corrected chi connectivity index (χ2v) is 9.34. The zero-order chi connectivity index (χ0) is 25.2. The molecule has 4 heteroatoms. The number of benzene rings is 5. The van der Waals surface area contributed by atoms with Gasteiger partial charge in [-0.05, 0) is 45.8 Å². The first-order valence-corrected chi connectivity index (χ1v) is 12.6. The van der Waals surface area contributed by atoms with E-state index in [0.29, 0.717) is 31.7 Å². The summed E-state index contributed by atoms with van der Waals surface area (Å²) in [5.74, 6) is -0.0483. The molecular weight excluding hydrogens is 458 g/mol. The van der Waals surface area contributed by atoms with Gasteiger partial charge in [-0.1, -0.05) is 97.1 Å². The third-order valence-corrected chi connectivity index (χ3v) is 7.01. The highest BCUT2D eigenvalue weighted by molar-refractivity contribution is 5.98. The van der Waals surface area contributed by atoms with Gasteiger partial charge in [0.2, 0.25) is 0 Å². The van der Waals surface area contributed by atoms with Crippen molar-refractivity contribution in [2.24, 2.45) is 0 Å². The fourth-order valence-electron chi connectivity index (χ4n) is 5.31. The number of carboxylic acids is 1.